The Hall–Kier alpha value is -2.11. The van der Waals surface area contributed by atoms with Crippen molar-refractivity contribution in [2.75, 3.05) is 6.54 Å². The topological polar surface area (TPSA) is 80.2 Å². The van der Waals surface area contributed by atoms with E-state index in [4.69, 9.17) is 0 Å². The summed E-state index contributed by atoms with van der Waals surface area (Å²) in [5.74, 6) is -0.229. The number of hydrogen-bond donors (Lipinski definition) is 2. The molecule has 0 aromatic carbocycles. The minimum absolute atomic E-state index is 0.0193. The van der Waals surface area contributed by atoms with Crippen LogP contribution in [0.5, 0.6) is 0 Å². The molecule has 2 N–H and O–H groups in total. The number of amides is 2. The Morgan fingerprint density at radius 3 is 2.31 bits per heavy atom. The summed E-state index contributed by atoms with van der Waals surface area (Å²) in [7, 11) is 0. The Morgan fingerprint density at radius 2 is 1.73 bits per heavy atom. The summed E-state index contributed by atoms with van der Waals surface area (Å²) in [5, 5.41) is 5.70. The molecule has 2 aliphatic rings. The minimum Gasteiger partial charge on any atom is -0.352 e. The number of aromatic nitrogens is 1. The summed E-state index contributed by atoms with van der Waals surface area (Å²) in [6.07, 6.45) is 10.6. The van der Waals surface area contributed by atoms with Crippen molar-refractivity contribution in [3.8, 4) is 0 Å². The number of rotatable bonds is 7. The fraction of sp³-hybridized carbons (Fsp3) is 0.650. The molecule has 2 aliphatic carbocycles. The van der Waals surface area contributed by atoms with Crippen molar-refractivity contribution in [2.45, 2.75) is 70.9 Å². The predicted molar refractivity (Wildman–Crippen MR) is 100 cm³/mol. The Balaban J connectivity index is 1.91. The van der Waals surface area contributed by atoms with Crippen molar-refractivity contribution >= 4 is 11.8 Å². The second-order valence-electron chi connectivity index (χ2n) is 7.74. The standard InChI is InChI=1S/C20H29N3O3/c1-3-13(2)22-20(26)17-12-23(15-6-4-5-7-15)11-16(18(17)24)19(25)21-10-14-8-9-14/h11-15H,3-10H2,1-2H3,(H,21,25)(H,22,26)/t13-/m1/s1. The van der Waals surface area contributed by atoms with Gasteiger partial charge in [0, 0.05) is 31.0 Å². The van der Waals surface area contributed by atoms with Gasteiger partial charge in [-0.2, -0.15) is 0 Å². The predicted octanol–water partition coefficient (Wildman–Crippen LogP) is 2.63. The van der Waals surface area contributed by atoms with Crippen molar-refractivity contribution in [3.05, 3.63) is 33.7 Å². The zero-order chi connectivity index (χ0) is 18.7. The smallest absolute Gasteiger partial charge is 0.256 e. The molecule has 26 heavy (non-hydrogen) atoms. The SMILES string of the molecule is CC[C@@H](C)NC(=O)c1cn(C2CCCC2)cc(C(=O)NCC2CC2)c1=O. The van der Waals surface area contributed by atoms with Crippen molar-refractivity contribution in [1.82, 2.24) is 15.2 Å². The monoisotopic (exact) mass is 359 g/mol. The first-order valence-electron chi connectivity index (χ1n) is 9.84. The molecule has 2 amide bonds. The van der Waals surface area contributed by atoms with Crippen molar-refractivity contribution in [3.63, 3.8) is 0 Å². The number of hydrogen-bond acceptors (Lipinski definition) is 3. The van der Waals surface area contributed by atoms with Crippen LogP contribution in [0.3, 0.4) is 0 Å². The molecule has 1 aromatic rings. The van der Waals surface area contributed by atoms with Crippen molar-refractivity contribution in [2.24, 2.45) is 5.92 Å². The molecule has 0 aliphatic heterocycles. The van der Waals surface area contributed by atoms with Crippen LogP contribution in [0.15, 0.2) is 17.2 Å². The van der Waals surface area contributed by atoms with Gasteiger partial charge >= 0.3 is 0 Å². The molecule has 6 nitrogen and oxygen atoms in total. The first-order chi connectivity index (χ1) is 12.5. The molecule has 1 atom stereocenters. The molecule has 6 heteroatoms. The summed E-state index contributed by atoms with van der Waals surface area (Å²) >= 11 is 0. The average molecular weight is 359 g/mol. The van der Waals surface area contributed by atoms with Crippen LogP contribution in [0.1, 0.15) is 85.6 Å². The highest BCUT2D eigenvalue weighted by Gasteiger charge is 2.26. The van der Waals surface area contributed by atoms with E-state index in [2.05, 4.69) is 10.6 Å². The first-order valence-corrected chi connectivity index (χ1v) is 9.84. The van der Waals surface area contributed by atoms with E-state index in [-0.39, 0.29) is 29.1 Å². The third-order valence-electron chi connectivity index (χ3n) is 5.52. The molecule has 0 unspecified atom stereocenters. The lowest BCUT2D eigenvalue weighted by atomic mass is 10.1. The van der Waals surface area contributed by atoms with Gasteiger partial charge in [0.15, 0.2) is 0 Å². The Bertz CT molecular complexity index is 730. The lowest BCUT2D eigenvalue weighted by molar-refractivity contribution is 0.0937. The summed E-state index contributed by atoms with van der Waals surface area (Å²) in [6.45, 7) is 4.48. The van der Waals surface area contributed by atoms with Crippen LogP contribution in [0.2, 0.25) is 0 Å². The highest BCUT2D eigenvalue weighted by Crippen LogP contribution is 2.29. The van der Waals surface area contributed by atoms with E-state index in [1.54, 1.807) is 12.4 Å². The van der Waals surface area contributed by atoms with Gasteiger partial charge in [-0.15, -0.1) is 0 Å². The first kappa shape index (κ1) is 18.7. The molecule has 0 saturated heterocycles. The largest absolute Gasteiger partial charge is 0.352 e. The molecule has 3 rings (SSSR count). The summed E-state index contributed by atoms with van der Waals surface area (Å²) < 4.78 is 1.91. The molecular weight excluding hydrogens is 330 g/mol. The fourth-order valence-corrected chi connectivity index (χ4v) is 3.39. The van der Waals surface area contributed by atoms with E-state index in [9.17, 15) is 14.4 Å². The lowest BCUT2D eigenvalue weighted by Gasteiger charge is -2.18. The van der Waals surface area contributed by atoms with E-state index < -0.39 is 11.3 Å². The molecule has 1 aromatic heterocycles. The van der Waals surface area contributed by atoms with Gasteiger partial charge in [0.2, 0.25) is 5.43 Å². The van der Waals surface area contributed by atoms with Crippen LogP contribution in [0.4, 0.5) is 0 Å². The highest BCUT2D eigenvalue weighted by atomic mass is 16.2. The maximum Gasteiger partial charge on any atom is 0.256 e. The van der Waals surface area contributed by atoms with Gasteiger partial charge in [0.1, 0.15) is 11.1 Å². The number of nitrogens with one attached hydrogen (secondary N) is 2. The van der Waals surface area contributed by atoms with Gasteiger partial charge in [0.25, 0.3) is 11.8 Å². The van der Waals surface area contributed by atoms with Crippen LogP contribution < -0.4 is 16.1 Å². The lowest BCUT2D eigenvalue weighted by Crippen LogP contribution is -2.38. The average Bonchev–Trinajstić information content (AvgIpc) is 3.30. The number of pyridine rings is 1. The van der Waals surface area contributed by atoms with E-state index in [1.165, 1.54) is 0 Å². The third-order valence-corrected chi connectivity index (χ3v) is 5.52. The van der Waals surface area contributed by atoms with Gasteiger partial charge in [-0.05, 0) is 44.9 Å². The van der Waals surface area contributed by atoms with E-state index >= 15 is 0 Å². The van der Waals surface area contributed by atoms with Gasteiger partial charge in [-0.3, -0.25) is 14.4 Å². The Morgan fingerprint density at radius 1 is 1.12 bits per heavy atom. The molecule has 2 fully saturated rings. The molecule has 0 spiro atoms. The Kier molecular flexibility index (Phi) is 5.79. The molecular formula is C20H29N3O3. The van der Waals surface area contributed by atoms with E-state index in [1.807, 2.05) is 18.4 Å². The summed E-state index contributed by atoms with van der Waals surface area (Å²) in [5.41, 5.74) is -0.334. The van der Waals surface area contributed by atoms with Gasteiger partial charge in [-0.1, -0.05) is 19.8 Å². The highest BCUT2D eigenvalue weighted by molar-refractivity contribution is 5.99. The normalized spacial score (nSPS) is 18.5. The number of nitrogens with zero attached hydrogens (tertiary/aromatic N) is 1. The molecule has 142 valence electrons. The van der Waals surface area contributed by atoms with Crippen LogP contribution in [-0.2, 0) is 0 Å². The maximum atomic E-state index is 12.8. The van der Waals surface area contributed by atoms with Gasteiger partial charge in [0.05, 0.1) is 0 Å². The Labute approximate surface area is 154 Å². The molecule has 2 saturated carbocycles. The maximum absolute atomic E-state index is 12.8. The van der Waals surface area contributed by atoms with Gasteiger partial charge < -0.3 is 15.2 Å². The third kappa shape index (κ3) is 4.34. The summed E-state index contributed by atoms with van der Waals surface area (Å²) in [6, 6.07) is 0.231. The molecule has 0 radical (unpaired) electrons. The van der Waals surface area contributed by atoms with Crippen LogP contribution in [-0.4, -0.2) is 29.0 Å². The second kappa shape index (κ2) is 8.06. The van der Waals surface area contributed by atoms with E-state index in [0.29, 0.717) is 12.5 Å². The summed E-state index contributed by atoms with van der Waals surface area (Å²) in [4.78, 5) is 38.0. The fourth-order valence-electron chi connectivity index (χ4n) is 3.39. The zero-order valence-electron chi connectivity index (χ0n) is 15.7. The second-order valence-corrected chi connectivity index (χ2v) is 7.74. The molecule has 0 bridgehead atoms. The molecule has 1 heterocycles. The van der Waals surface area contributed by atoms with Crippen LogP contribution in [0.25, 0.3) is 0 Å². The van der Waals surface area contributed by atoms with Crippen molar-refractivity contribution < 1.29 is 9.59 Å². The van der Waals surface area contributed by atoms with Crippen LogP contribution in [0, 0.1) is 5.92 Å². The minimum atomic E-state index is -0.478. The van der Waals surface area contributed by atoms with E-state index in [0.717, 1.165) is 44.9 Å². The van der Waals surface area contributed by atoms with Crippen molar-refractivity contribution in [1.29, 1.82) is 0 Å². The van der Waals surface area contributed by atoms with Gasteiger partial charge in [-0.25, -0.2) is 0 Å². The van der Waals surface area contributed by atoms with Crippen LogP contribution >= 0.6 is 0 Å². The number of carbonyl (C=O) groups excluding carboxylic acids is 2. The number of carbonyl (C=O) groups is 2. The quantitative estimate of drug-likeness (QED) is 0.785. The zero-order valence-corrected chi connectivity index (χ0v) is 15.7.